The Labute approximate surface area is 162 Å². The van der Waals surface area contributed by atoms with Gasteiger partial charge in [0.15, 0.2) is 0 Å². The van der Waals surface area contributed by atoms with Gasteiger partial charge in [-0.25, -0.2) is 0 Å². The summed E-state index contributed by atoms with van der Waals surface area (Å²) in [4.78, 5) is 12.8. The minimum atomic E-state index is -1.05. The van der Waals surface area contributed by atoms with Crippen molar-refractivity contribution in [3.05, 3.63) is 76.4 Å². The standard InChI is InChI=1S/C21H20ClN3O2/c22-16-9-7-15(8-10-16)19-17(12-24-25-19)20(26)23-13-21(27)11-3-5-14-4-1-2-6-18(14)21/h1-2,4,6-10,12,27H,3,5,11,13H2,(H,23,26)(H,24,25). The number of benzene rings is 2. The van der Waals surface area contributed by atoms with Gasteiger partial charge in [-0.2, -0.15) is 5.10 Å². The molecule has 1 aliphatic carbocycles. The molecule has 1 heterocycles. The lowest BCUT2D eigenvalue weighted by molar-refractivity contribution is 0.0189. The lowest BCUT2D eigenvalue weighted by Gasteiger charge is -2.34. The van der Waals surface area contributed by atoms with Crippen LogP contribution in [0.1, 0.15) is 34.3 Å². The van der Waals surface area contributed by atoms with Crippen molar-refractivity contribution >= 4 is 17.5 Å². The molecule has 5 nitrogen and oxygen atoms in total. The third-order valence-electron chi connectivity index (χ3n) is 5.11. The van der Waals surface area contributed by atoms with Crippen LogP contribution in [-0.2, 0) is 12.0 Å². The fourth-order valence-electron chi connectivity index (χ4n) is 3.70. The van der Waals surface area contributed by atoms with Crippen LogP contribution >= 0.6 is 11.6 Å². The van der Waals surface area contributed by atoms with E-state index in [2.05, 4.69) is 15.5 Å². The molecule has 1 unspecified atom stereocenters. The van der Waals surface area contributed by atoms with Gasteiger partial charge >= 0.3 is 0 Å². The van der Waals surface area contributed by atoms with Crippen molar-refractivity contribution in [2.75, 3.05) is 6.54 Å². The van der Waals surface area contributed by atoms with Crippen molar-refractivity contribution in [2.24, 2.45) is 0 Å². The van der Waals surface area contributed by atoms with E-state index in [-0.39, 0.29) is 12.5 Å². The maximum atomic E-state index is 12.8. The molecule has 4 rings (SSSR count). The molecule has 1 atom stereocenters. The van der Waals surface area contributed by atoms with Crippen molar-refractivity contribution in [3.8, 4) is 11.3 Å². The second-order valence-corrected chi connectivity index (χ2v) is 7.33. The average molecular weight is 382 g/mol. The second kappa shape index (κ2) is 7.18. The van der Waals surface area contributed by atoms with Crippen LogP contribution in [0.25, 0.3) is 11.3 Å². The predicted octanol–water partition coefficient (Wildman–Crippen LogP) is 3.68. The summed E-state index contributed by atoms with van der Waals surface area (Å²) in [5.74, 6) is -0.273. The predicted molar refractivity (Wildman–Crippen MR) is 105 cm³/mol. The fraction of sp³-hybridized carbons (Fsp3) is 0.238. The molecule has 27 heavy (non-hydrogen) atoms. The molecule has 0 radical (unpaired) electrons. The number of hydrogen-bond acceptors (Lipinski definition) is 3. The molecule has 0 bridgehead atoms. The molecule has 138 valence electrons. The van der Waals surface area contributed by atoms with E-state index < -0.39 is 5.60 Å². The van der Waals surface area contributed by atoms with Crippen LogP contribution in [-0.4, -0.2) is 27.8 Å². The Balaban J connectivity index is 1.53. The first kappa shape index (κ1) is 17.8. The highest BCUT2D eigenvalue weighted by Crippen LogP contribution is 2.34. The van der Waals surface area contributed by atoms with Gasteiger partial charge in [-0.05, 0) is 42.5 Å². The number of aliphatic hydroxyl groups is 1. The number of aromatic nitrogens is 2. The van der Waals surface area contributed by atoms with Gasteiger partial charge in [0, 0.05) is 10.6 Å². The second-order valence-electron chi connectivity index (χ2n) is 6.89. The van der Waals surface area contributed by atoms with Crippen molar-refractivity contribution in [2.45, 2.75) is 24.9 Å². The Morgan fingerprint density at radius 2 is 2.00 bits per heavy atom. The summed E-state index contributed by atoms with van der Waals surface area (Å²) in [6.07, 6.45) is 3.97. The van der Waals surface area contributed by atoms with Gasteiger partial charge in [0.05, 0.1) is 24.0 Å². The number of nitrogens with one attached hydrogen (secondary N) is 2. The highest BCUT2D eigenvalue weighted by Gasteiger charge is 2.34. The molecule has 1 amide bonds. The smallest absolute Gasteiger partial charge is 0.255 e. The van der Waals surface area contributed by atoms with E-state index >= 15 is 0 Å². The van der Waals surface area contributed by atoms with Crippen LogP contribution in [0.3, 0.4) is 0 Å². The van der Waals surface area contributed by atoms with E-state index in [1.165, 1.54) is 6.20 Å². The van der Waals surface area contributed by atoms with E-state index in [9.17, 15) is 9.90 Å². The zero-order valence-electron chi connectivity index (χ0n) is 14.7. The Kier molecular flexibility index (Phi) is 4.72. The monoisotopic (exact) mass is 381 g/mol. The molecule has 3 N–H and O–H groups in total. The van der Waals surface area contributed by atoms with Crippen molar-refractivity contribution in [1.82, 2.24) is 15.5 Å². The fourth-order valence-corrected chi connectivity index (χ4v) is 3.82. The van der Waals surface area contributed by atoms with Crippen LogP contribution in [0.2, 0.25) is 5.02 Å². The quantitative estimate of drug-likeness (QED) is 0.645. The Morgan fingerprint density at radius 3 is 2.81 bits per heavy atom. The molecule has 0 spiro atoms. The lowest BCUT2D eigenvalue weighted by Crippen LogP contribution is -2.43. The number of nitrogens with zero attached hydrogens (tertiary/aromatic N) is 1. The first-order valence-corrected chi connectivity index (χ1v) is 9.33. The summed E-state index contributed by atoms with van der Waals surface area (Å²) in [7, 11) is 0. The van der Waals surface area contributed by atoms with Gasteiger partial charge in [0.25, 0.3) is 5.91 Å². The molecule has 6 heteroatoms. The molecule has 2 aromatic carbocycles. The minimum absolute atomic E-state index is 0.161. The van der Waals surface area contributed by atoms with Gasteiger partial charge in [-0.15, -0.1) is 0 Å². The van der Waals surface area contributed by atoms with Gasteiger partial charge < -0.3 is 10.4 Å². The molecule has 0 aliphatic heterocycles. The summed E-state index contributed by atoms with van der Waals surface area (Å²) in [6.45, 7) is 0.161. The van der Waals surface area contributed by atoms with Crippen molar-refractivity contribution in [3.63, 3.8) is 0 Å². The van der Waals surface area contributed by atoms with Gasteiger partial charge in [-0.1, -0.05) is 48.0 Å². The van der Waals surface area contributed by atoms with Crippen LogP contribution in [0.5, 0.6) is 0 Å². The first-order chi connectivity index (χ1) is 13.1. The van der Waals surface area contributed by atoms with Crippen LogP contribution in [0, 0.1) is 0 Å². The van der Waals surface area contributed by atoms with Gasteiger partial charge in [0.2, 0.25) is 0 Å². The van der Waals surface area contributed by atoms with Crippen LogP contribution < -0.4 is 5.32 Å². The number of aromatic amines is 1. The Bertz CT molecular complexity index is 968. The third kappa shape index (κ3) is 3.48. The molecule has 0 saturated heterocycles. The number of hydrogen-bond donors (Lipinski definition) is 3. The number of aryl methyl sites for hydroxylation is 1. The SMILES string of the molecule is O=C(NCC1(O)CCCc2ccccc21)c1cn[nH]c1-c1ccc(Cl)cc1. The van der Waals surface area contributed by atoms with Crippen molar-refractivity contribution < 1.29 is 9.90 Å². The number of halogens is 1. The van der Waals surface area contributed by atoms with E-state index in [0.717, 1.165) is 29.5 Å². The van der Waals surface area contributed by atoms with Crippen LogP contribution in [0.15, 0.2) is 54.7 Å². The number of carbonyl (C=O) groups excluding carboxylic acids is 1. The molecule has 1 aromatic heterocycles. The van der Waals surface area contributed by atoms with Gasteiger partial charge in [0.1, 0.15) is 5.60 Å². The zero-order chi connectivity index (χ0) is 18.9. The zero-order valence-corrected chi connectivity index (χ0v) is 15.5. The Morgan fingerprint density at radius 1 is 1.22 bits per heavy atom. The highest BCUT2D eigenvalue weighted by molar-refractivity contribution is 6.30. The molecular formula is C21H20ClN3O2. The summed E-state index contributed by atoms with van der Waals surface area (Å²) in [5, 5.41) is 21.5. The summed E-state index contributed by atoms with van der Waals surface area (Å²) in [5.41, 5.74) is 2.88. The van der Waals surface area contributed by atoms with Gasteiger partial charge in [-0.3, -0.25) is 9.89 Å². The number of H-pyrrole nitrogens is 1. The third-order valence-corrected chi connectivity index (χ3v) is 5.37. The lowest BCUT2D eigenvalue weighted by atomic mass is 9.79. The number of carbonyl (C=O) groups is 1. The maximum Gasteiger partial charge on any atom is 0.255 e. The van der Waals surface area contributed by atoms with Crippen molar-refractivity contribution in [1.29, 1.82) is 0 Å². The molecule has 0 fully saturated rings. The topological polar surface area (TPSA) is 78.0 Å². The molecular weight excluding hydrogens is 362 g/mol. The highest BCUT2D eigenvalue weighted by atomic mass is 35.5. The summed E-state index contributed by atoms with van der Waals surface area (Å²) in [6, 6.07) is 15.1. The minimum Gasteiger partial charge on any atom is -0.383 e. The van der Waals surface area contributed by atoms with E-state index in [0.29, 0.717) is 22.7 Å². The Hall–Kier alpha value is -2.63. The summed E-state index contributed by atoms with van der Waals surface area (Å²) < 4.78 is 0. The summed E-state index contributed by atoms with van der Waals surface area (Å²) >= 11 is 5.93. The molecule has 0 saturated carbocycles. The van der Waals surface area contributed by atoms with E-state index in [4.69, 9.17) is 11.6 Å². The normalized spacial score (nSPS) is 18.7. The van der Waals surface area contributed by atoms with Crippen LogP contribution in [0.4, 0.5) is 0 Å². The molecule has 3 aromatic rings. The maximum absolute atomic E-state index is 12.8. The molecule has 1 aliphatic rings. The van der Waals surface area contributed by atoms with E-state index in [1.54, 1.807) is 12.1 Å². The number of fused-ring (bicyclic) bond motifs is 1. The number of rotatable bonds is 4. The first-order valence-electron chi connectivity index (χ1n) is 8.95. The van der Waals surface area contributed by atoms with E-state index in [1.807, 2.05) is 36.4 Å². The largest absolute Gasteiger partial charge is 0.383 e. The average Bonchev–Trinajstić information content (AvgIpc) is 3.17. The number of amides is 1.